The van der Waals surface area contributed by atoms with E-state index in [9.17, 15) is 0 Å². The number of hydrogen-bond donors (Lipinski definition) is 0. The molecule has 12 rings (SSSR count). The number of thiophene rings is 1. The largest absolute Gasteiger partial charge is 0.456 e. The summed E-state index contributed by atoms with van der Waals surface area (Å²) in [5.41, 5.74) is 8.76. The van der Waals surface area contributed by atoms with Gasteiger partial charge in [0.05, 0.1) is 0 Å². The Morgan fingerprint density at radius 3 is 1.67 bits per heavy atom. The van der Waals surface area contributed by atoms with E-state index in [2.05, 4.69) is 54.6 Å². The van der Waals surface area contributed by atoms with Crippen LogP contribution in [0.2, 0.25) is 0 Å². The third-order valence-electron chi connectivity index (χ3n) is 10.6. The van der Waals surface area contributed by atoms with Crippen LogP contribution in [0.4, 0.5) is 0 Å². The molecule has 0 amide bonds. The summed E-state index contributed by atoms with van der Waals surface area (Å²) in [6, 6.07) is 55.1. The van der Waals surface area contributed by atoms with E-state index in [1.165, 1.54) is 15.5 Å². The average molecular weight is 750 g/mol. The van der Waals surface area contributed by atoms with Gasteiger partial charge in [-0.2, -0.15) is 0 Å². The molecule has 12 aromatic rings. The maximum Gasteiger partial charge on any atom is 0.180 e. The zero-order valence-electron chi connectivity index (χ0n) is 30.0. The topological polar surface area (TPSA) is 90.7 Å². The van der Waals surface area contributed by atoms with Crippen molar-refractivity contribution in [3.63, 3.8) is 0 Å². The monoisotopic (exact) mass is 749 g/mol. The molecule has 0 bridgehead atoms. The molecule has 0 fully saturated rings. The second-order valence-corrected chi connectivity index (χ2v) is 15.0. The van der Waals surface area contributed by atoms with E-state index in [-0.39, 0.29) is 0 Å². The van der Waals surface area contributed by atoms with Crippen molar-refractivity contribution in [1.82, 2.24) is 24.9 Å². The zero-order valence-corrected chi connectivity index (χ0v) is 30.9. The van der Waals surface area contributed by atoms with Crippen molar-refractivity contribution in [2.24, 2.45) is 0 Å². The highest BCUT2D eigenvalue weighted by Gasteiger charge is 2.24. The summed E-state index contributed by atoms with van der Waals surface area (Å²) in [6.07, 6.45) is 0. The first-order chi connectivity index (χ1) is 28.2. The minimum Gasteiger partial charge on any atom is -0.456 e. The molecule has 0 aliphatic heterocycles. The molecule has 0 saturated heterocycles. The van der Waals surface area contributed by atoms with Crippen LogP contribution in [-0.2, 0) is 0 Å². The third kappa shape index (κ3) is 5.01. The summed E-state index contributed by atoms with van der Waals surface area (Å²) in [6.45, 7) is 0. The lowest BCUT2D eigenvalue weighted by molar-refractivity contribution is 0.667. The number of hydrogen-bond acceptors (Lipinski definition) is 8. The van der Waals surface area contributed by atoms with Gasteiger partial charge < -0.3 is 8.83 Å². The fourth-order valence-electron chi connectivity index (χ4n) is 8.00. The Bertz CT molecular complexity index is 3540. The molecule has 7 nitrogen and oxygen atoms in total. The number of aromatic nitrogens is 5. The molecule has 266 valence electrons. The third-order valence-corrected chi connectivity index (χ3v) is 11.8. The Morgan fingerprint density at radius 1 is 0.368 bits per heavy atom. The summed E-state index contributed by atoms with van der Waals surface area (Å²) >= 11 is 1.76. The van der Waals surface area contributed by atoms with E-state index in [1.807, 2.05) is 109 Å². The van der Waals surface area contributed by atoms with E-state index in [0.717, 1.165) is 65.5 Å². The van der Waals surface area contributed by atoms with Gasteiger partial charge in [0.2, 0.25) is 0 Å². The summed E-state index contributed by atoms with van der Waals surface area (Å²) in [7, 11) is 0. The molecule has 0 unspecified atom stereocenters. The molecule has 5 heterocycles. The van der Waals surface area contributed by atoms with Crippen molar-refractivity contribution in [3.05, 3.63) is 164 Å². The fraction of sp³-hybridized carbons (Fsp3) is 0. The number of rotatable bonds is 5. The van der Waals surface area contributed by atoms with E-state index in [4.69, 9.17) is 33.8 Å². The van der Waals surface area contributed by atoms with Gasteiger partial charge >= 0.3 is 0 Å². The first-order valence-corrected chi connectivity index (χ1v) is 19.5. The highest BCUT2D eigenvalue weighted by Crippen LogP contribution is 2.44. The van der Waals surface area contributed by atoms with Crippen LogP contribution in [0.15, 0.2) is 173 Å². The molecule has 0 saturated carbocycles. The number of fused-ring (bicyclic) bond motifs is 9. The van der Waals surface area contributed by atoms with Crippen LogP contribution in [0, 0.1) is 0 Å². The van der Waals surface area contributed by atoms with Crippen molar-refractivity contribution in [1.29, 1.82) is 0 Å². The highest BCUT2D eigenvalue weighted by atomic mass is 32.1. The quantitative estimate of drug-likeness (QED) is 0.173. The first kappa shape index (κ1) is 31.8. The van der Waals surface area contributed by atoms with E-state index in [0.29, 0.717) is 40.0 Å². The minimum atomic E-state index is 0.544. The van der Waals surface area contributed by atoms with Crippen molar-refractivity contribution < 1.29 is 8.83 Å². The summed E-state index contributed by atoms with van der Waals surface area (Å²) in [4.78, 5) is 26.1. The van der Waals surface area contributed by atoms with Crippen molar-refractivity contribution in [2.45, 2.75) is 0 Å². The lowest BCUT2D eigenvalue weighted by Crippen LogP contribution is -2.00. The molecule has 0 spiro atoms. The predicted molar refractivity (Wildman–Crippen MR) is 230 cm³/mol. The Labute approximate surface area is 328 Å². The molecule has 0 aliphatic carbocycles. The number of furan rings is 2. The second kappa shape index (κ2) is 12.5. The molecular formula is C49H27N5O2S. The normalized spacial score (nSPS) is 11.9. The van der Waals surface area contributed by atoms with Gasteiger partial charge in [-0.1, -0.05) is 127 Å². The lowest BCUT2D eigenvalue weighted by Gasteiger charge is -2.11. The van der Waals surface area contributed by atoms with Crippen LogP contribution < -0.4 is 0 Å². The number of para-hydroxylation sites is 1. The highest BCUT2D eigenvalue weighted by molar-refractivity contribution is 7.26. The minimum absolute atomic E-state index is 0.544. The molecule has 8 heteroatoms. The van der Waals surface area contributed by atoms with Gasteiger partial charge in [-0.3, -0.25) is 0 Å². The average Bonchev–Trinajstić information content (AvgIpc) is 3.98. The summed E-state index contributed by atoms with van der Waals surface area (Å²) in [5.74, 6) is 2.30. The Morgan fingerprint density at radius 2 is 0.912 bits per heavy atom. The van der Waals surface area contributed by atoms with Gasteiger partial charge in [0.25, 0.3) is 0 Å². The molecule has 0 atom stereocenters. The van der Waals surface area contributed by atoms with E-state index >= 15 is 0 Å². The van der Waals surface area contributed by atoms with Gasteiger partial charge in [0.1, 0.15) is 28.0 Å². The van der Waals surface area contributed by atoms with Gasteiger partial charge in [-0.15, -0.1) is 11.3 Å². The van der Waals surface area contributed by atoms with Gasteiger partial charge in [0, 0.05) is 64.1 Å². The smallest absolute Gasteiger partial charge is 0.180 e. The van der Waals surface area contributed by atoms with Gasteiger partial charge in [-0.05, 0) is 36.4 Å². The van der Waals surface area contributed by atoms with Crippen LogP contribution in [0.25, 0.3) is 121 Å². The maximum absolute atomic E-state index is 6.61. The van der Waals surface area contributed by atoms with Crippen molar-refractivity contribution in [2.75, 3.05) is 0 Å². The summed E-state index contributed by atoms with van der Waals surface area (Å²) < 4.78 is 15.4. The Balaban J connectivity index is 1.13. The molecule has 0 N–H and O–H groups in total. The maximum atomic E-state index is 6.61. The fourth-order valence-corrected chi connectivity index (χ4v) is 9.21. The zero-order chi connectivity index (χ0) is 37.5. The summed E-state index contributed by atoms with van der Waals surface area (Å²) in [5, 5.41) is 5.09. The number of benzene rings is 7. The lowest BCUT2D eigenvalue weighted by atomic mass is 10.0. The SMILES string of the molecule is c1ccc(-c2nc(-c3cccc4c3sc3ccccc34)nc(-c3cccc4oc5cccc(-c6nc(-c7ccccc7)c7oc8ccccc8c7n6)c5c34)n2)cc1. The predicted octanol–water partition coefficient (Wildman–Crippen LogP) is 13.2. The van der Waals surface area contributed by atoms with Crippen molar-refractivity contribution >= 4 is 75.5 Å². The molecule has 5 aromatic heterocycles. The standard InChI is InChI=1S/C49H27N5O2S/c1-3-14-28(15-4-1)42-44-43(32-19-7-9-24-36(32)56-44)51-47(50-42)33-21-12-25-37-40(33)41-34(22-13-26-38(41)55-37)48-52-46(29-16-5-2-6-17-29)53-49(54-48)35-23-11-20-31-30-18-8-10-27-39(30)57-45(31)35/h1-27H. The van der Waals surface area contributed by atoms with E-state index in [1.54, 1.807) is 11.3 Å². The Kier molecular flexibility index (Phi) is 6.96. The van der Waals surface area contributed by atoms with Gasteiger partial charge in [0.15, 0.2) is 28.9 Å². The molecule has 57 heavy (non-hydrogen) atoms. The van der Waals surface area contributed by atoms with Crippen LogP contribution in [-0.4, -0.2) is 24.9 Å². The van der Waals surface area contributed by atoms with E-state index < -0.39 is 0 Å². The van der Waals surface area contributed by atoms with Crippen LogP contribution in [0.3, 0.4) is 0 Å². The van der Waals surface area contributed by atoms with Crippen molar-refractivity contribution in [3.8, 4) is 56.8 Å². The van der Waals surface area contributed by atoms with Crippen LogP contribution >= 0.6 is 11.3 Å². The Hall–Kier alpha value is -7.55. The molecule has 7 aromatic carbocycles. The van der Waals surface area contributed by atoms with Crippen LogP contribution in [0.1, 0.15) is 0 Å². The second-order valence-electron chi connectivity index (χ2n) is 14.0. The molecule has 0 radical (unpaired) electrons. The van der Waals surface area contributed by atoms with Crippen LogP contribution in [0.5, 0.6) is 0 Å². The first-order valence-electron chi connectivity index (χ1n) is 18.7. The van der Waals surface area contributed by atoms with Gasteiger partial charge in [-0.25, -0.2) is 24.9 Å². The number of nitrogens with zero attached hydrogens (tertiary/aromatic N) is 5. The molecule has 0 aliphatic rings. The molecular weight excluding hydrogens is 723 g/mol.